The van der Waals surface area contributed by atoms with Crippen LogP contribution >= 0.6 is 0 Å². The van der Waals surface area contributed by atoms with Crippen molar-refractivity contribution in [3.8, 4) is 0 Å². The molecule has 0 saturated heterocycles. The van der Waals surface area contributed by atoms with E-state index in [1.54, 1.807) is 0 Å². The molecule has 4 heavy (non-hydrogen) atoms. The van der Waals surface area contributed by atoms with Gasteiger partial charge < -0.3 is 0 Å². The number of hydrogen-bond acceptors (Lipinski definition) is 1. The zero-order chi connectivity index (χ0) is 2.00. The van der Waals surface area contributed by atoms with Crippen LogP contribution < -0.4 is 0 Å². The molecule has 4 heteroatoms. The normalized spacial score (nSPS) is 1.50. The van der Waals surface area contributed by atoms with E-state index >= 15 is 0 Å². The van der Waals surface area contributed by atoms with E-state index in [0.717, 1.165) is 0 Å². The Morgan fingerprint density at radius 3 is 1.25 bits per heavy atom. The molecule has 0 atom stereocenters. The second-order valence-electron chi connectivity index (χ2n) is 0. The first kappa shape index (κ1) is 16.6. The SMILES string of the molecule is [Ca].[Fe].[O]=[Ni]. The maximum absolute atomic E-state index is 7.88. The summed E-state index contributed by atoms with van der Waals surface area (Å²) in [5.74, 6) is 0. The molecule has 0 aromatic rings. The molecule has 2 radical (unpaired) electrons. The van der Waals surface area contributed by atoms with Crippen molar-refractivity contribution in [2.45, 2.75) is 0 Å². The molecule has 0 aromatic heterocycles. The van der Waals surface area contributed by atoms with E-state index in [0.29, 0.717) is 0 Å². The van der Waals surface area contributed by atoms with Crippen LogP contribution in [0.25, 0.3) is 0 Å². The fourth-order valence-corrected chi connectivity index (χ4v) is 0. The van der Waals surface area contributed by atoms with Crippen LogP contribution in [-0.4, -0.2) is 37.7 Å². The molecule has 0 spiro atoms. The molecule has 0 saturated carbocycles. The summed E-state index contributed by atoms with van der Waals surface area (Å²) in [6.07, 6.45) is 0. The summed E-state index contributed by atoms with van der Waals surface area (Å²) < 4.78 is 7.88. The zero-order valence-electron chi connectivity index (χ0n) is 1.79. The van der Waals surface area contributed by atoms with Crippen molar-refractivity contribution in [3.05, 3.63) is 0 Å². The van der Waals surface area contributed by atoms with E-state index in [9.17, 15) is 0 Å². The molecule has 0 aliphatic carbocycles. The van der Waals surface area contributed by atoms with Gasteiger partial charge in [0.1, 0.15) is 0 Å². The van der Waals surface area contributed by atoms with Crippen LogP contribution in [0.5, 0.6) is 0 Å². The van der Waals surface area contributed by atoms with Gasteiger partial charge in [-0.1, -0.05) is 0 Å². The molecular formula is CaFeNiO. The van der Waals surface area contributed by atoms with Gasteiger partial charge in [-0.25, -0.2) is 0 Å². The molecule has 1 nitrogen and oxygen atoms in total. The van der Waals surface area contributed by atoms with Gasteiger partial charge in [-0.3, -0.25) is 0 Å². The van der Waals surface area contributed by atoms with Crippen molar-refractivity contribution in [2.24, 2.45) is 0 Å². The van der Waals surface area contributed by atoms with Gasteiger partial charge in [-0.15, -0.1) is 0 Å². The molecule has 0 bridgehead atoms. The molecule has 0 fully saturated rings. The second kappa shape index (κ2) is 19.6. The molecule has 0 rings (SSSR count). The van der Waals surface area contributed by atoms with Gasteiger partial charge in [0.05, 0.1) is 0 Å². The van der Waals surface area contributed by atoms with Gasteiger partial charge in [0, 0.05) is 54.8 Å². The minimum absolute atomic E-state index is 0. The molecule has 0 aliphatic heterocycles. The fourth-order valence-electron chi connectivity index (χ4n) is 0. The van der Waals surface area contributed by atoms with E-state index in [-0.39, 0.29) is 54.8 Å². The van der Waals surface area contributed by atoms with Crippen molar-refractivity contribution in [3.63, 3.8) is 0 Å². The van der Waals surface area contributed by atoms with Crippen molar-refractivity contribution in [1.29, 1.82) is 0 Å². The van der Waals surface area contributed by atoms with Crippen molar-refractivity contribution >= 4 is 37.7 Å². The Bertz CT molecular complexity index is 8.00. The predicted octanol–water partition coefficient (Wildman–Crippen LogP) is -0.505. The van der Waals surface area contributed by atoms with E-state index in [2.05, 4.69) is 15.4 Å². The molecule has 0 N–H and O–H groups in total. The Labute approximate surface area is 72.9 Å². The zero-order valence-corrected chi connectivity index (χ0v) is 6.09. The quantitative estimate of drug-likeness (QED) is 0.448. The molecule has 0 heterocycles. The Kier molecular flexibility index (Phi) is 81.0. The van der Waals surface area contributed by atoms with E-state index < -0.39 is 0 Å². The summed E-state index contributed by atoms with van der Waals surface area (Å²) in [5.41, 5.74) is 0. The minimum atomic E-state index is 0. The molecule has 0 aliphatic rings. The van der Waals surface area contributed by atoms with E-state index in [1.807, 2.05) is 0 Å². The van der Waals surface area contributed by atoms with Crippen LogP contribution in [0.1, 0.15) is 0 Å². The molecule has 0 unspecified atom stereocenters. The van der Waals surface area contributed by atoms with E-state index in [4.69, 9.17) is 3.90 Å². The van der Waals surface area contributed by atoms with Crippen LogP contribution in [-0.2, 0) is 36.4 Å². The topological polar surface area (TPSA) is 17.1 Å². The summed E-state index contributed by atoms with van der Waals surface area (Å²) in [4.78, 5) is 0. The third-order valence-corrected chi connectivity index (χ3v) is 0. The van der Waals surface area contributed by atoms with Gasteiger partial charge in [0.25, 0.3) is 0 Å². The number of rotatable bonds is 0. The molecule has 0 aromatic carbocycles. The Balaban J connectivity index is -0.00000000500. The van der Waals surface area contributed by atoms with Crippen LogP contribution in [0.4, 0.5) is 0 Å². The first-order valence-electron chi connectivity index (χ1n) is 0.129. The summed E-state index contributed by atoms with van der Waals surface area (Å²) in [6, 6.07) is 0. The standard InChI is InChI=1S/Ca.Fe.Ni.O. The average molecular weight is 171 g/mol. The number of hydrogen-bond donors (Lipinski definition) is 0. The third-order valence-electron chi connectivity index (χ3n) is 0. The van der Waals surface area contributed by atoms with Crippen LogP contribution in [0.3, 0.4) is 0 Å². The Morgan fingerprint density at radius 2 is 1.25 bits per heavy atom. The molecule has 0 amide bonds. The summed E-state index contributed by atoms with van der Waals surface area (Å²) >= 11 is 2.62. The Morgan fingerprint density at radius 1 is 1.25 bits per heavy atom. The van der Waals surface area contributed by atoms with Crippen LogP contribution in [0.2, 0.25) is 0 Å². The second-order valence-corrected chi connectivity index (χ2v) is 0. The summed E-state index contributed by atoms with van der Waals surface area (Å²) in [7, 11) is 0. The first-order chi connectivity index (χ1) is 1.00. The van der Waals surface area contributed by atoms with Crippen LogP contribution in [0.15, 0.2) is 0 Å². The van der Waals surface area contributed by atoms with Gasteiger partial charge in [-0.2, -0.15) is 0 Å². The predicted molar refractivity (Wildman–Crippen MR) is 6.44 cm³/mol. The van der Waals surface area contributed by atoms with Gasteiger partial charge in [0.2, 0.25) is 0 Å². The first-order valence-corrected chi connectivity index (χ1v) is 0.532. The van der Waals surface area contributed by atoms with Gasteiger partial charge in [-0.05, 0) is 0 Å². The third kappa shape index (κ3) is 8.95. The molecule has 26 valence electrons. The molecular weight excluding hydrogens is 171 g/mol. The van der Waals surface area contributed by atoms with Gasteiger partial charge >= 0.3 is 19.3 Å². The fraction of sp³-hybridized carbons (Fsp3) is 0. The van der Waals surface area contributed by atoms with Crippen molar-refractivity contribution in [1.82, 2.24) is 0 Å². The van der Waals surface area contributed by atoms with Crippen molar-refractivity contribution < 1.29 is 36.4 Å². The van der Waals surface area contributed by atoms with Crippen molar-refractivity contribution in [2.75, 3.05) is 0 Å². The Hall–Kier alpha value is 2.07. The summed E-state index contributed by atoms with van der Waals surface area (Å²) in [6.45, 7) is 0. The maximum atomic E-state index is 7.88. The van der Waals surface area contributed by atoms with Crippen LogP contribution in [0, 0.1) is 0 Å². The average Bonchev–Trinajstić information content (AvgIpc) is 1.00. The van der Waals surface area contributed by atoms with E-state index in [1.165, 1.54) is 0 Å². The monoisotopic (exact) mass is 170 g/mol. The van der Waals surface area contributed by atoms with Gasteiger partial charge in [0.15, 0.2) is 0 Å². The summed E-state index contributed by atoms with van der Waals surface area (Å²) in [5, 5.41) is 0.